The van der Waals surface area contributed by atoms with Gasteiger partial charge in [-0.05, 0) is 0 Å². The van der Waals surface area contributed by atoms with Gasteiger partial charge in [0.1, 0.15) is 0 Å². The van der Waals surface area contributed by atoms with Gasteiger partial charge in [0, 0.05) is 0 Å². The molecule has 0 aliphatic carbocycles. The minimum Gasteiger partial charge on any atom is -1.00 e. The molecule has 42 heavy (non-hydrogen) atoms. The molecule has 3 unspecified atom stereocenters. The summed E-state index contributed by atoms with van der Waals surface area (Å²) in [7, 11) is 0. The van der Waals surface area contributed by atoms with Gasteiger partial charge in [-0.1, -0.05) is 18.2 Å². The van der Waals surface area contributed by atoms with Gasteiger partial charge in [-0.2, -0.15) is 82.3 Å². The molecule has 0 aliphatic rings. The van der Waals surface area contributed by atoms with Gasteiger partial charge in [0.05, 0.1) is 0 Å². The largest absolute Gasteiger partial charge is 3.00 e. The maximum Gasteiger partial charge on any atom is 3.00 e. The van der Waals surface area contributed by atoms with Crippen molar-refractivity contribution in [3.63, 3.8) is 0 Å². The Morgan fingerprint density at radius 3 is 0.690 bits per heavy atom. The van der Waals surface area contributed by atoms with Crippen LogP contribution in [-0.4, -0.2) is 0 Å². The average molecular weight is 918 g/mol. The van der Waals surface area contributed by atoms with E-state index in [9.17, 15) is 0 Å². The minimum atomic E-state index is 0. The Balaban J connectivity index is -0.0000000273. The zero-order chi connectivity index (χ0) is 18.3. The first kappa shape index (κ1) is 79.1. The summed E-state index contributed by atoms with van der Waals surface area (Å²) in [5.74, 6) is 0. The molecule has 0 aliphatic heterocycles. The Kier molecular flexibility index (Phi) is 83.6. The zero-order valence-electron chi connectivity index (χ0n) is 25.9. The molecule has 0 spiro atoms. The van der Waals surface area contributed by atoms with E-state index in [4.69, 9.17) is 0 Å². The fraction of sp³-hybridized carbons (Fsp3) is 0. The number of hydrogen-bond acceptors (Lipinski definition) is 0. The van der Waals surface area contributed by atoms with E-state index in [-0.39, 0.29) is 190 Å². The first-order valence-corrected chi connectivity index (χ1v) is 9.21. The van der Waals surface area contributed by atoms with E-state index in [2.05, 4.69) is 127 Å². The van der Waals surface area contributed by atoms with Gasteiger partial charge in [0.25, 0.3) is 0 Å². The van der Waals surface area contributed by atoms with Gasteiger partial charge < -0.3 is 81.8 Å². The average Bonchev–Trinajstić information content (AvgIpc) is 3.48. The van der Waals surface area contributed by atoms with Crippen LogP contribution in [0.5, 0.6) is 0 Å². The molecule has 0 heterocycles. The Labute approximate surface area is 345 Å². The normalized spacial score (nSPS) is 6.57. The molecule has 0 saturated heterocycles. The van der Waals surface area contributed by atoms with E-state index in [1.54, 1.807) is 0 Å². The van der Waals surface area contributed by atoms with Crippen LogP contribution in [0.15, 0.2) is 127 Å². The number of benzene rings is 3. The Morgan fingerprint density at radius 1 is 0.310 bits per heavy atom. The molecule has 0 fully saturated rings. The standard InChI is InChI=1S/3C9H7.6CH3.3ClH.3H3P.3Zr/c3*1-2-5-9-7-3-6-8(9)4-1;;;;;;;;;;;;;;;/h3*1-7H;6*1H3;3*1H;3*1H3;;;/q9*-1;;;;;;;3*+3/p-3. The van der Waals surface area contributed by atoms with Crippen LogP contribution < -0.4 is 37.2 Å². The van der Waals surface area contributed by atoms with Crippen molar-refractivity contribution in [1.82, 2.24) is 0 Å². The third-order valence-electron chi connectivity index (χ3n) is 4.64. The third-order valence-corrected chi connectivity index (χ3v) is 4.64. The van der Waals surface area contributed by atoms with Gasteiger partial charge in [-0.3, -0.25) is 0 Å². The molecule has 0 amide bonds. The van der Waals surface area contributed by atoms with E-state index in [0.717, 1.165) is 0 Å². The number of rotatable bonds is 0. The molecule has 0 bridgehead atoms. The molecule has 0 nitrogen and oxygen atoms in total. The maximum absolute atomic E-state index is 2.12. The van der Waals surface area contributed by atoms with Crippen molar-refractivity contribution in [2.45, 2.75) is 0 Å². The van der Waals surface area contributed by atoms with Crippen molar-refractivity contribution in [2.24, 2.45) is 0 Å². The molecule has 3 atom stereocenters. The van der Waals surface area contributed by atoms with Crippen LogP contribution in [0.4, 0.5) is 0 Å². The summed E-state index contributed by atoms with van der Waals surface area (Å²) in [5, 5.41) is 7.99. The second-order valence-corrected chi connectivity index (χ2v) is 6.46. The summed E-state index contributed by atoms with van der Waals surface area (Å²) < 4.78 is 0. The summed E-state index contributed by atoms with van der Waals surface area (Å²) in [6, 6.07) is 44.0. The van der Waals surface area contributed by atoms with Gasteiger partial charge in [0.2, 0.25) is 0 Å². The molecule has 231 valence electrons. The first-order valence-electron chi connectivity index (χ1n) is 9.21. The van der Waals surface area contributed by atoms with Crippen molar-refractivity contribution in [2.75, 3.05) is 0 Å². The van der Waals surface area contributed by atoms with E-state index in [0.29, 0.717) is 0 Å². The maximum atomic E-state index is 2.12. The zero-order valence-corrected chi connectivity index (χ0v) is 39.8. The SMILES string of the molecule is P.P.P.[CH3-].[CH3-].[CH3-].[CH3-].[CH3-].[CH3-].[Cl-].[Cl-].[Cl-].[Zr+3].[Zr+3].[Zr+3].c1ccc2[cH-]ccc2c1.c1ccc2[cH-]ccc2c1.c1ccc2[cH-]ccc2c1. The molecule has 0 N–H and O–H groups in total. The fourth-order valence-corrected chi connectivity index (χ4v) is 3.21. The van der Waals surface area contributed by atoms with Crippen LogP contribution in [0.3, 0.4) is 0 Å². The molecule has 0 aromatic heterocycles. The monoisotopic (exact) mass is 912 g/mol. The van der Waals surface area contributed by atoms with Crippen LogP contribution in [0.25, 0.3) is 32.3 Å². The topological polar surface area (TPSA) is 0 Å². The Bertz CT molecular complexity index is 1020. The molecule has 6 aromatic rings. The van der Waals surface area contributed by atoms with Crippen LogP contribution in [-0.2, 0) is 78.6 Å². The van der Waals surface area contributed by atoms with Crippen LogP contribution in [0.1, 0.15) is 0 Å². The van der Waals surface area contributed by atoms with Crippen molar-refractivity contribution < 1.29 is 116 Å². The van der Waals surface area contributed by atoms with Crippen LogP contribution >= 0.6 is 29.7 Å². The van der Waals surface area contributed by atoms with E-state index >= 15 is 0 Å². The molecule has 9 heteroatoms. The molecule has 0 saturated carbocycles. The van der Waals surface area contributed by atoms with Gasteiger partial charge in [-0.15, -0.1) is 89.0 Å². The first-order chi connectivity index (χ1) is 13.4. The number of halogens is 3. The quantitative estimate of drug-likeness (QED) is 0.161. The predicted molar refractivity (Wildman–Crippen MR) is 190 cm³/mol. The molecule has 3 radical (unpaired) electrons. The van der Waals surface area contributed by atoms with Crippen molar-refractivity contribution in [3.05, 3.63) is 172 Å². The summed E-state index contributed by atoms with van der Waals surface area (Å²) in [5.41, 5.74) is 0. The van der Waals surface area contributed by atoms with Gasteiger partial charge >= 0.3 is 78.6 Å². The van der Waals surface area contributed by atoms with E-state index in [1.807, 2.05) is 0 Å². The van der Waals surface area contributed by atoms with Gasteiger partial charge in [-0.25, -0.2) is 0 Å². The second kappa shape index (κ2) is 44.4. The predicted octanol–water partition coefficient (Wildman–Crippen LogP) is 1.56. The van der Waals surface area contributed by atoms with Gasteiger partial charge in [0.15, 0.2) is 0 Å². The molecule has 6 aromatic carbocycles. The second-order valence-electron chi connectivity index (χ2n) is 6.46. The fourth-order valence-electron chi connectivity index (χ4n) is 3.21. The number of hydrogen-bond donors (Lipinski definition) is 0. The summed E-state index contributed by atoms with van der Waals surface area (Å²) in [6.07, 6.45) is 0. The summed E-state index contributed by atoms with van der Waals surface area (Å²) in [6.45, 7) is 0. The Hall–Kier alpha value is 1.30. The minimum absolute atomic E-state index is 0. The summed E-state index contributed by atoms with van der Waals surface area (Å²) >= 11 is 0. The number of fused-ring (bicyclic) bond motifs is 3. The van der Waals surface area contributed by atoms with Crippen LogP contribution in [0, 0.1) is 44.6 Å². The Morgan fingerprint density at radius 2 is 0.500 bits per heavy atom. The third kappa shape index (κ3) is 24.5. The smallest absolute Gasteiger partial charge is 1.00 e. The molecular formula is C33H48Cl3P3Zr3-3. The van der Waals surface area contributed by atoms with Crippen LogP contribution in [0.2, 0.25) is 0 Å². The van der Waals surface area contributed by atoms with Crippen molar-refractivity contribution in [1.29, 1.82) is 0 Å². The molecule has 6 rings (SSSR count). The van der Waals surface area contributed by atoms with Crippen molar-refractivity contribution >= 4 is 62.0 Å². The van der Waals surface area contributed by atoms with Crippen molar-refractivity contribution in [3.8, 4) is 0 Å². The summed E-state index contributed by atoms with van der Waals surface area (Å²) in [4.78, 5) is 0. The van der Waals surface area contributed by atoms with E-state index in [1.165, 1.54) is 32.3 Å². The molecular weight excluding hydrogens is 869 g/mol. The van der Waals surface area contributed by atoms with E-state index < -0.39 is 0 Å².